The van der Waals surface area contributed by atoms with E-state index in [0.717, 1.165) is 23.5 Å². The molecule has 0 saturated carbocycles. The van der Waals surface area contributed by atoms with Crippen molar-refractivity contribution >= 4 is 17.5 Å². The van der Waals surface area contributed by atoms with Crippen LogP contribution in [0.3, 0.4) is 0 Å². The van der Waals surface area contributed by atoms with Crippen molar-refractivity contribution in [1.82, 2.24) is 14.9 Å². The van der Waals surface area contributed by atoms with Crippen molar-refractivity contribution in [3.8, 4) is 11.6 Å². The molecule has 1 aromatic heterocycles. The number of nitrogens with one attached hydrogen (secondary N) is 1. The van der Waals surface area contributed by atoms with Gasteiger partial charge in [-0.3, -0.25) is 0 Å². The van der Waals surface area contributed by atoms with E-state index < -0.39 is 0 Å². The number of benzene rings is 2. The van der Waals surface area contributed by atoms with E-state index in [4.69, 9.17) is 4.74 Å². The number of aromatic nitrogens is 2. The molecular weight excluding hydrogens is 421 g/mol. The van der Waals surface area contributed by atoms with E-state index in [1.54, 1.807) is 19.1 Å². The SMILES string of the molecule is CCc1ccccc1NC(=O)N1CCN(c2cc(Oc3ccc(F)cc3C)ncn2)C[C@@H]1C. The minimum absolute atomic E-state index is 0.00813. The molecular formula is C25H28FN5O2. The van der Waals surface area contributed by atoms with Gasteiger partial charge in [0, 0.05) is 37.4 Å². The Morgan fingerprint density at radius 3 is 2.76 bits per heavy atom. The number of aryl methyl sites for hydroxylation is 2. The normalized spacial score (nSPS) is 15.9. The maximum atomic E-state index is 13.4. The maximum absolute atomic E-state index is 13.4. The molecule has 1 N–H and O–H groups in total. The predicted octanol–water partition coefficient (Wildman–Crippen LogP) is 5.02. The zero-order chi connectivity index (χ0) is 23.4. The number of rotatable bonds is 5. The van der Waals surface area contributed by atoms with Crippen LogP contribution in [0.25, 0.3) is 0 Å². The largest absolute Gasteiger partial charge is 0.439 e. The third-order valence-corrected chi connectivity index (χ3v) is 5.83. The van der Waals surface area contributed by atoms with Crippen LogP contribution in [0, 0.1) is 12.7 Å². The first-order valence-electron chi connectivity index (χ1n) is 11.1. The Hall–Kier alpha value is -3.68. The van der Waals surface area contributed by atoms with Gasteiger partial charge in [-0.15, -0.1) is 0 Å². The number of nitrogens with zero attached hydrogens (tertiary/aromatic N) is 4. The number of anilines is 2. The van der Waals surface area contributed by atoms with E-state index in [2.05, 4.69) is 27.1 Å². The molecule has 0 bridgehead atoms. The second-order valence-corrected chi connectivity index (χ2v) is 8.16. The van der Waals surface area contributed by atoms with Crippen LogP contribution in [0.2, 0.25) is 0 Å². The molecule has 0 spiro atoms. The Morgan fingerprint density at radius 2 is 2.00 bits per heavy atom. The molecule has 8 heteroatoms. The quantitative estimate of drug-likeness (QED) is 0.592. The number of halogens is 1. The summed E-state index contributed by atoms with van der Waals surface area (Å²) in [6.45, 7) is 7.72. The number of hydrogen-bond donors (Lipinski definition) is 1. The molecule has 1 saturated heterocycles. The van der Waals surface area contributed by atoms with E-state index in [-0.39, 0.29) is 17.9 Å². The predicted molar refractivity (Wildman–Crippen MR) is 126 cm³/mol. The summed E-state index contributed by atoms with van der Waals surface area (Å²) in [6.07, 6.45) is 2.31. The number of para-hydroxylation sites is 1. The van der Waals surface area contributed by atoms with Crippen molar-refractivity contribution in [3.05, 3.63) is 71.8 Å². The van der Waals surface area contributed by atoms with Crippen LogP contribution in [0.4, 0.5) is 20.7 Å². The summed E-state index contributed by atoms with van der Waals surface area (Å²) in [7, 11) is 0. The molecule has 2 heterocycles. The maximum Gasteiger partial charge on any atom is 0.322 e. The van der Waals surface area contributed by atoms with Gasteiger partial charge >= 0.3 is 6.03 Å². The summed E-state index contributed by atoms with van der Waals surface area (Å²) in [4.78, 5) is 25.5. The first-order chi connectivity index (χ1) is 15.9. The molecule has 0 radical (unpaired) electrons. The Kier molecular flexibility index (Phi) is 6.72. The van der Waals surface area contributed by atoms with Crippen molar-refractivity contribution in [2.24, 2.45) is 0 Å². The standard InChI is InChI=1S/C25H28FN5O2/c1-4-19-7-5-6-8-21(19)29-25(32)31-12-11-30(15-18(31)3)23-14-24(28-16-27-23)33-22-10-9-20(26)13-17(22)2/h5-10,13-14,16,18H,4,11-12,15H2,1-3H3,(H,29,32)/t18-/m0/s1. The van der Waals surface area contributed by atoms with Crippen molar-refractivity contribution < 1.29 is 13.9 Å². The fourth-order valence-electron chi connectivity index (χ4n) is 4.00. The van der Waals surface area contributed by atoms with Gasteiger partial charge < -0.3 is 19.9 Å². The number of carbonyl (C=O) groups is 1. The zero-order valence-corrected chi connectivity index (χ0v) is 19.1. The van der Waals surface area contributed by atoms with Gasteiger partial charge in [0.25, 0.3) is 0 Å². The molecule has 33 heavy (non-hydrogen) atoms. The van der Waals surface area contributed by atoms with Crippen LogP contribution in [-0.2, 0) is 6.42 Å². The number of urea groups is 1. The van der Waals surface area contributed by atoms with Crippen LogP contribution in [0.15, 0.2) is 54.9 Å². The summed E-state index contributed by atoms with van der Waals surface area (Å²) in [5.41, 5.74) is 2.66. The molecule has 0 unspecified atom stereocenters. The molecule has 7 nitrogen and oxygen atoms in total. The summed E-state index contributed by atoms with van der Waals surface area (Å²) < 4.78 is 19.2. The molecule has 4 rings (SSSR count). The molecule has 2 aromatic carbocycles. The molecule has 1 atom stereocenters. The van der Waals surface area contributed by atoms with E-state index >= 15 is 0 Å². The van der Waals surface area contributed by atoms with Gasteiger partial charge in [-0.05, 0) is 55.7 Å². The Morgan fingerprint density at radius 1 is 1.18 bits per heavy atom. The van der Waals surface area contributed by atoms with Crippen molar-refractivity contribution in [2.45, 2.75) is 33.2 Å². The van der Waals surface area contributed by atoms with Gasteiger partial charge in [-0.2, -0.15) is 0 Å². The van der Waals surface area contributed by atoms with Crippen LogP contribution >= 0.6 is 0 Å². The number of ether oxygens (including phenoxy) is 1. The fourth-order valence-corrected chi connectivity index (χ4v) is 4.00. The number of piperazine rings is 1. The second kappa shape index (κ2) is 9.85. The molecule has 2 amide bonds. The lowest BCUT2D eigenvalue weighted by molar-refractivity contribution is 0.184. The fraction of sp³-hybridized carbons (Fsp3) is 0.320. The highest BCUT2D eigenvalue weighted by atomic mass is 19.1. The second-order valence-electron chi connectivity index (χ2n) is 8.16. The Balaban J connectivity index is 1.41. The van der Waals surface area contributed by atoms with E-state index in [0.29, 0.717) is 36.8 Å². The Bertz CT molecular complexity index is 1140. The lowest BCUT2D eigenvalue weighted by Crippen LogP contribution is -2.55. The lowest BCUT2D eigenvalue weighted by atomic mass is 10.1. The highest BCUT2D eigenvalue weighted by molar-refractivity contribution is 5.90. The number of hydrogen-bond acceptors (Lipinski definition) is 5. The minimum Gasteiger partial charge on any atom is -0.439 e. The average molecular weight is 450 g/mol. The van der Waals surface area contributed by atoms with Crippen LogP contribution in [0.1, 0.15) is 25.0 Å². The average Bonchev–Trinajstić information content (AvgIpc) is 2.81. The number of carbonyl (C=O) groups excluding carboxylic acids is 1. The Labute approximate surface area is 193 Å². The molecule has 3 aromatic rings. The molecule has 1 aliphatic heterocycles. The highest BCUT2D eigenvalue weighted by Crippen LogP contribution is 2.27. The summed E-state index contributed by atoms with van der Waals surface area (Å²) in [5, 5.41) is 3.06. The van der Waals surface area contributed by atoms with Gasteiger partial charge in [0.2, 0.25) is 5.88 Å². The van der Waals surface area contributed by atoms with Crippen molar-refractivity contribution in [3.63, 3.8) is 0 Å². The van der Waals surface area contributed by atoms with Gasteiger partial charge in [-0.25, -0.2) is 19.2 Å². The van der Waals surface area contributed by atoms with Crippen molar-refractivity contribution in [1.29, 1.82) is 0 Å². The van der Waals surface area contributed by atoms with Gasteiger partial charge in [0.1, 0.15) is 23.7 Å². The lowest BCUT2D eigenvalue weighted by Gasteiger charge is -2.40. The van der Waals surface area contributed by atoms with E-state index in [1.807, 2.05) is 36.1 Å². The zero-order valence-electron chi connectivity index (χ0n) is 19.1. The smallest absolute Gasteiger partial charge is 0.322 e. The third kappa shape index (κ3) is 5.22. The van der Waals surface area contributed by atoms with Gasteiger partial charge in [0.05, 0.1) is 0 Å². The van der Waals surface area contributed by atoms with E-state index in [9.17, 15) is 9.18 Å². The first-order valence-corrected chi connectivity index (χ1v) is 11.1. The van der Waals surface area contributed by atoms with Crippen molar-refractivity contribution in [2.75, 3.05) is 29.9 Å². The van der Waals surface area contributed by atoms with Crippen LogP contribution < -0.4 is 15.0 Å². The monoisotopic (exact) mass is 449 g/mol. The molecule has 172 valence electrons. The third-order valence-electron chi connectivity index (χ3n) is 5.83. The molecule has 1 fully saturated rings. The van der Waals surface area contributed by atoms with Gasteiger partial charge in [0.15, 0.2) is 0 Å². The summed E-state index contributed by atoms with van der Waals surface area (Å²) in [6, 6.07) is 13.9. The molecule has 0 aliphatic carbocycles. The van der Waals surface area contributed by atoms with Crippen LogP contribution in [0.5, 0.6) is 11.6 Å². The topological polar surface area (TPSA) is 70.6 Å². The van der Waals surface area contributed by atoms with Crippen LogP contribution in [-0.4, -0.2) is 46.6 Å². The summed E-state index contributed by atoms with van der Waals surface area (Å²) >= 11 is 0. The minimum atomic E-state index is -0.308. The number of amides is 2. The van der Waals surface area contributed by atoms with E-state index in [1.165, 1.54) is 18.5 Å². The first kappa shape index (κ1) is 22.5. The summed E-state index contributed by atoms with van der Waals surface area (Å²) in [5.74, 6) is 1.35. The molecule has 1 aliphatic rings. The highest BCUT2D eigenvalue weighted by Gasteiger charge is 2.28. The van der Waals surface area contributed by atoms with Gasteiger partial charge in [-0.1, -0.05) is 25.1 Å².